The fraction of sp³-hybridized carbons (Fsp3) is 0.481. The summed E-state index contributed by atoms with van der Waals surface area (Å²) in [6.45, 7) is 8.28. The van der Waals surface area contributed by atoms with E-state index in [0.29, 0.717) is 0 Å². The van der Waals surface area contributed by atoms with Crippen molar-refractivity contribution in [3.63, 3.8) is 0 Å². The predicted molar refractivity (Wildman–Crippen MR) is 122 cm³/mol. The highest BCUT2D eigenvalue weighted by molar-refractivity contribution is 6.31. The van der Waals surface area contributed by atoms with E-state index < -0.39 is 5.92 Å². The summed E-state index contributed by atoms with van der Waals surface area (Å²) in [6.07, 6.45) is 2.04. The number of halogens is 1. The molecule has 2 bridgehead atoms. The van der Waals surface area contributed by atoms with Crippen molar-refractivity contribution in [2.75, 3.05) is 0 Å². The Kier molecular flexibility index (Phi) is 5.10. The van der Waals surface area contributed by atoms with Crippen LogP contribution in [0.2, 0.25) is 5.02 Å². The lowest BCUT2D eigenvalue weighted by Crippen LogP contribution is -2.34. The molecule has 2 aliphatic heterocycles. The third-order valence-corrected chi connectivity index (χ3v) is 8.16. The van der Waals surface area contributed by atoms with Gasteiger partial charge in [0, 0.05) is 10.9 Å². The van der Waals surface area contributed by atoms with Gasteiger partial charge in [0.05, 0.1) is 24.0 Å². The average Bonchev–Trinajstić information content (AvgIpc) is 3.41. The molecule has 1 unspecified atom stereocenters. The number of hydrogen-bond donors (Lipinski definition) is 0. The summed E-state index contributed by atoms with van der Waals surface area (Å²) in [5, 5.41) is 0.739. The van der Waals surface area contributed by atoms with E-state index in [9.17, 15) is 9.59 Å². The van der Waals surface area contributed by atoms with E-state index >= 15 is 0 Å². The number of fused-ring (bicyclic) bond motifs is 5. The Morgan fingerprint density at radius 1 is 0.968 bits per heavy atom. The summed E-state index contributed by atoms with van der Waals surface area (Å²) in [6, 6.07) is 10.4. The van der Waals surface area contributed by atoms with Gasteiger partial charge in [-0.2, -0.15) is 0 Å². The second-order valence-electron chi connectivity index (χ2n) is 9.48. The van der Waals surface area contributed by atoms with E-state index in [0.717, 1.165) is 52.1 Å². The van der Waals surface area contributed by atoms with E-state index in [4.69, 9.17) is 16.3 Å². The van der Waals surface area contributed by atoms with Gasteiger partial charge in [0.15, 0.2) is 11.6 Å². The van der Waals surface area contributed by atoms with Crippen LogP contribution in [-0.4, -0.2) is 23.8 Å². The molecule has 1 saturated carbocycles. The van der Waals surface area contributed by atoms with Gasteiger partial charge in [-0.25, -0.2) is 0 Å². The number of ketones is 2. The molecule has 0 amide bonds. The molecule has 4 heteroatoms. The number of carbonyl (C=O) groups excluding carboxylic acids is 2. The van der Waals surface area contributed by atoms with Crippen LogP contribution in [0.1, 0.15) is 65.5 Å². The summed E-state index contributed by atoms with van der Waals surface area (Å²) < 4.78 is 6.25. The van der Waals surface area contributed by atoms with Crippen LogP contribution in [0.15, 0.2) is 30.3 Å². The molecule has 0 radical (unpaired) electrons. The molecule has 5 rings (SSSR count). The van der Waals surface area contributed by atoms with Crippen molar-refractivity contribution >= 4 is 23.2 Å². The van der Waals surface area contributed by atoms with Crippen LogP contribution < -0.4 is 0 Å². The lowest BCUT2D eigenvalue weighted by Gasteiger charge is -2.26. The van der Waals surface area contributed by atoms with Crippen molar-refractivity contribution in [1.29, 1.82) is 0 Å². The molecule has 6 atom stereocenters. The number of hydrogen-bond acceptors (Lipinski definition) is 3. The molecule has 3 fully saturated rings. The topological polar surface area (TPSA) is 43.4 Å². The summed E-state index contributed by atoms with van der Waals surface area (Å²) >= 11 is 6.38. The van der Waals surface area contributed by atoms with Crippen molar-refractivity contribution in [2.24, 2.45) is 11.8 Å². The number of aryl methyl sites for hydroxylation is 4. The summed E-state index contributed by atoms with van der Waals surface area (Å²) in [5.74, 6) is -0.994. The second-order valence-corrected chi connectivity index (χ2v) is 9.89. The molecule has 3 aliphatic rings. The molecule has 0 spiro atoms. The first kappa shape index (κ1) is 20.9. The van der Waals surface area contributed by atoms with Crippen LogP contribution in [0.5, 0.6) is 0 Å². The first-order valence-electron chi connectivity index (χ1n) is 11.5. The predicted octanol–water partition coefficient (Wildman–Crippen LogP) is 5.50. The Bertz CT molecular complexity index is 1060. The molecule has 3 nitrogen and oxygen atoms in total. The minimum absolute atomic E-state index is 0.0682. The molecule has 0 N–H and O–H groups in total. The van der Waals surface area contributed by atoms with Crippen LogP contribution in [0.3, 0.4) is 0 Å². The van der Waals surface area contributed by atoms with Crippen molar-refractivity contribution in [2.45, 2.75) is 71.0 Å². The van der Waals surface area contributed by atoms with Crippen LogP contribution >= 0.6 is 11.6 Å². The van der Waals surface area contributed by atoms with Gasteiger partial charge in [0.2, 0.25) is 0 Å². The number of ether oxygens (including phenoxy) is 1. The van der Waals surface area contributed by atoms with Gasteiger partial charge in [0.1, 0.15) is 5.92 Å². The van der Waals surface area contributed by atoms with Gasteiger partial charge >= 0.3 is 0 Å². The maximum absolute atomic E-state index is 13.8. The third-order valence-electron chi connectivity index (χ3n) is 7.75. The first-order chi connectivity index (χ1) is 14.8. The van der Waals surface area contributed by atoms with E-state index in [1.807, 2.05) is 19.1 Å². The highest BCUT2D eigenvalue weighted by Gasteiger charge is 2.66. The fourth-order valence-electron chi connectivity index (χ4n) is 6.32. The van der Waals surface area contributed by atoms with Crippen molar-refractivity contribution in [1.82, 2.24) is 0 Å². The summed E-state index contributed by atoms with van der Waals surface area (Å²) in [4.78, 5) is 27.4. The largest absolute Gasteiger partial charge is 0.373 e. The zero-order valence-electron chi connectivity index (χ0n) is 18.6. The van der Waals surface area contributed by atoms with Crippen LogP contribution in [0, 0.1) is 25.7 Å². The number of rotatable bonds is 4. The lowest BCUT2D eigenvalue weighted by atomic mass is 9.73. The summed E-state index contributed by atoms with van der Waals surface area (Å²) in [7, 11) is 0. The van der Waals surface area contributed by atoms with Gasteiger partial charge in [-0.1, -0.05) is 55.3 Å². The Morgan fingerprint density at radius 2 is 1.61 bits per heavy atom. The monoisotopic (exact) mass is 436 g/mol. The average molecular weight is 437 g/mol. The van der Waals surface area contributed by atoms with Crippen molar-refractivity contribution in [3.05, 3.63) is 68.7 Å². The molecule has 162 valence electrons. The molecule has 2 saturated heterocycles. The molecule has 1 aliphatic carbocycles. The SMILES string of the molecule is CCc1cc(C)cc(CC)c1C1C(=O)[C@@H]2[C@@H]3O[C@@H](C[C@H]3c3ccc(C)c(Cl)c3)[C@@H]2C1=O. The number of benzene rings is 2. The highest BCUT2D eigenvalue weighted by atomic mass is 35.5. The number of carbonyl (C=O) groups is 2. The zero-order valence-corrected chi connectivity index (χ0v) is 19.3. The van der Waals surface area contributed by atoms with E-state index in [1.165, 1.54) is 5.56 Å². The highest BCUT2D eigenvalue weighted by Crippen LogP contribution is 2.57. The van der Waals surface area contributed by atoms with Gasteiger partial charge in [-0.3, -0.25) is 9.59 Å². The molecule has 2 aromatic carbocycles. The maximum Gasteiger partial charge on any atom is 0.154 e. The van der Waals surface area contributed by atoms with Gasteiger partial charge in [-0.05, 0) is 67.0 Å². The smallest absolute Gasteiger partial charge is 0.154 e. The van der Waals surface area contributed by atoms with Gasteiger partial charge in [-0.15, -0.1) is 0 Å². The standard InChI is InChI=1S/C27H29ClO3/c1-5-15-9-13(3)10-16(6-2)21(15)23-25(29)22-20-12-18(27(31-20)24(22)26(23)30)17-8-7-14(4)19(28)11-17/h7-11,18,20,22-24,27H,5-6,12H2,1-4H3/t18-,20-,22-,23?,24+,27+/m0/s1. The van der Waals surface area contributed by atoms with Crippen LogP contribution in [-0.2, 0) is 27.2 Å². The Labute approximate surface area is 189 Å². The fourth-order valence-corrected chi connectivity index (χ4v) is 6.51. The Hall–Kier alpha value is -1.97. The zero-order chi connectivity index (χ0) is 22.0. The van der Waals surface area contributed by atoms with Crippen molar-refractivity contribution < 1.29 is 14.3 Å². The molecule has 0 aromatic heterocycles. The van der Waals surface area contributed by atoms with Gasteiger partial charge < -0.3 is 4.74 Å². The van der Waals surface area contributed by atoms with E-state index in [2.05, 4.69) is 39.0 Å². The molecule has 2 aromatic rings. The molecular formula is C27H29ClO3. The van der Waals surface area contributed by atoms with Crippen molar-refractivity contribution in [3.8, 4) is 0 Å². The molecular weight excluding hydrogens is 408 g/mol. The normalized spacial score (nSPS) is 31.5. The van der Waals surface area contributed by atoms with E-state index in [-0.39, 0.29) is 41.5 Å². The maximum atomic E-state index is 13.8. The molecule has 2 heterocycles. The Balaban J connectivity index is 1.53. The van der Waals surface area contributed by atoms with Gasteiger partial charge in [0.25, 0.3) is 0 Å². The quantitative estimate of drug-likeness (QED) is 0.594. The first-order valence-corrected chi connectivity index (χ1v) is 11.8. The van der Waals surface area contributed by atoms with Crippen LogP contribution in [0.25, 0.3) is 0 Å². The third kappa shape index (κ3) is 3.04. The second kappa shape index (κ2) is 7.56. The minimum Gasteiger partial charge on any atom is -0.373 e. The van der Waals surface area contributed by atoms with E-state index in [1.54, 1.807) is 0 Å². The number of Topliss-reactive ketones (excluding diaryl/α,β-unsaturated/α-hetero) is 2. The minimum atomic E-state index is -0.630. The Morgan fingerprint density at radius 3 is 2.23 bits per heavy atom. The van der Waals surface area contributed by atoms with Crippen LogP contribution in [0.4, 0.5) is 0 Å². The summed E-state index contributed by atoms with van der Waals surface area (Å²) in [5.41, 5.74) is 6.60. The lowest BCUT2D eigenvalue weighted by molar-refractivity contribution is -0.127. The molecule has 31 heavy (non-hydrogen) atoms.